The number of non-ortho nitro benzene ring substituents is 1. The molecule has 110 valence electrons. The second-order valence-electron chi connectivity index (χ2n) is 5.39. The van der Waals surface area contributed by atoms with E-state index in [9.17, 15) is 10.1 Å². The Morgan fingerprint density at radius 1 is 1.40 bits per heavy atom. The smallest absolute Gasteiger partial charge is 0.273 e. The van der Waals surface area contributed by atoms with Crippen LogP contribution in [0.15, 0.2) is 18.2 Å². The van der Waals surface area contributed by atoms with Crippen LogP contribution < -0.4 is 10.2 Å². The average Bonchev–Trinajstić information content (AvgIpc) is 2.47. The molecule has 2 rings (SSSR count). The van der Waals surface area contributed by atoms with Crippen LogP contribution in [0, 0.1) is 16.0 Å². The number of anilines is 2. The first-order valence-corrected chi connectivity index (χ1v) is 7.42. The first-order chi connectivity index (χ1) is 9.63. The third-order valence-electron chi connectivity index (χ3n) is 3.96. The van der Waals surface area contributed by atoms with E-state index in [-0.39, 0.29) is 10.6 Å². The summed E-state index contributed by atoms with van der Waals surface area (Å²) in [5, 5.41) is 14.2. The zero-order valence-electron chi connectivity index (χ0n) is 12.3. The van der Waals surface area contributed by atoms with Crippen molar-refractivity contribution in [2.75, 3.05) is 29.9 Å². The van der Waals surface area contributed by atoms with E-state index in [0.717, 1.165) is 37.4 Å². The molecule has 1 aromatic rings. The number of nitrogens with zero attached hydrogens (tertiary/aromatic N) is 2. The van der Waals surface area contributed by atoms with E-state index < -0.39 is 0 Å². The van der Waals surface area contributed by atoms with Gasteiger partial charge in [0.05, 0.1) is 4.92 Å². The molecule has 5 nitrogen and oxygen atoms in total. The normalized spacial score (nSPS) is 18.9. The Morgan fingerprint density at radius 2 is 2.20 bits per heavy atom. The van der Waals surface area contributed by atoms with Gasteiger partial charge in [0.15, 0.2) is 0 Å². The average molecular weight is 277 g/mol. The molecule has 1 saturated heterocycles. The van der Waals surface area contributed by atoms with E-state index in [2.05, 4.69) is 17.1 Å². The van der Waals surface area contributed by atoms with Crippen molar-refractivity contribution in [3.05, 3.63) is 28.3 Å². The molecule has 20 heavy (non-hydrogen) atoms. The third-order valence-corrected chi connectivity index (χ3v) is 3.96. The Bertz CT molecular complexity index is 476. The summed E-state index contributed by atoms with van der Waals surface area (Å²) in [4.78, 5) is 13.0. The summed E-state index contributed by atoms with van der Waals surface area (Å²) in [6, 6.07) is 5.32. The minimum absolute atomic E-state index is 0.164. The molecule has 1 atom stereocenters. The maximum Gasteiger partial charge on any atom is 0.273 e. The number of benzene rings is 1. The lowest BCUT2D eigenvalue weighted by Crippen LogP contribution is -2.35. The van der Waals surface area contributed by atoms with Gasteiger partial charge in [0.25, 0.3) is 5.69 Å². The second kappa shape index (κ2) is 6.59. The highest BCUT2D eigenvalue weighted by Gasteiger charge is 2.21. The summed E-state index contributed by atoms with van der Waals surface area (Å²) in [5.74, 6) is 0.700. The zero-order chi connectivity index (χ0) is 14.5. The highest BCUT2D eigenvalue weighted by molar-refractivity contribution is 5.64. The van der Waals surface area contributed by atoms with Crippen molar-refractivity contribution in [1.29, 1.82) is 0 Å². The molecular formula is C15H23N3O2. The van der Waals surface area contributed by atoms with Gasteiger partial charge in [-0.15, -0.1) is 0 Å². The van der Waals surface area contributed by atoms with Crippen LogP contribution >= 0.6 is 0 Å². The fraction of sp³-hybridized carbons (Fsp3) is 0.600. The van der Waals surface area contributed by atoms with Crippen molar-refractivity contribution >= 4 is 17.1 Å². The lowest BCUT2D eigenvalue weighted by Gasteiger charge is -2.34. The molecule has 1 fully saturated rings. The van der Waals surface area contributed by atoms with Crippen molar-refractivity contribution in [3.63, 3.8) is 0 Å². The molecule has 0 bridgehead atoms. The van der Waals surface area contributed by atoms with E-state index in [1.165, 1.54) is 12.8 Å². The minimum atomic E-state index is -0.314. The minimum Gasteiger partial charge on any atom is -0.385 e. The van der Waals surface area contributed by atoms with E-state index in [1.807, 2.05) is 13.0 Å². The van der Waals surface area contributed by atoms with E-state index in [1.54, 1.807) is 12.1 Å². The predicted octanol–water partition coefficient (Wildman–Crippen LogP) is 3.65. The van der Waals surface area contributed by atoms with Gasteiger partial charge >= 0.3 is 0 Å². The van der Waals surface area contributed by atoms with Crippen molar-refractivity contribution < 1.29 is 4.92 Å². The summed E-state index contributed by atoms with van der Waals surface area (Å²) in [6.07, 6.45) is 3.60. The summed E-state index contributed by atoms with van der Waals surface area (Å²) in [7, 11) is 0. The molecule has 0 spiro atoms. The maximum atomic E-state index is 11.1. The molecule has 0 saturated carbocycles. The first kappa shape index (κ1) is 14.6. The van der Waals surface area contributed by atoms with Gasteiger partial charge in [-0.3, -0.25) is 10.1 Å². The lowest BCUT2D eigenvalue weighted by molar-refractivity contribution is -0.384. The first-order valence-electron chi connectivity index (χ1n) is 7.42. The molecular weight excluding hydrogens is 254 g/mol. The van der Waals surface area contributed by atoms with Gasteiger partial charge in [-0.25, -0.2) is 0 Å². The van der Waals surface area contributed by atoms with Crippen LogP contribution in [0.1, 0.15) is 33.1 Å². The quantitative estimate of drug-likeness (QED) is 0.659. The summed E-state index contributed by atoms with van der Waals surface area (Å²) < 4.78 is 0. The number of nitro benzene ring substituents is 1. The molecule has 1 aliphatic heterocycles. The number of hydrogen-bond acceptors (Lipinski definition) is 4. The maximum absolute atomic E-state index is 11.1. The highest BCUT2D eigenvalue weighted by atomic mass is 16.6. The van der Waals surface area contributed by atoms with Crippen molar-refractivity contribution in [3.8, 4) is 0 Å². The van der Waals surface area contributed by atoms with Crippen LogP contribution in [0.3, 0.4) is 0 Å². The van der Waals surface area contributed by atoms with Crippen LogP contribution in [0.25, 0.3) is 0 Å². The molecule has 0 aliphatic carbocycles. The molecule has 0 radical (unpaired) electrons. The molecule has 1 aromatic carbocycles. The Labute approximate surface area is 120 Å². The Hall–Kier alpha value is -1.78. The number of nitrogens with one attached hydrogen (secondary N) is 1. The third kappa shape index (κ3) is 3.40. The van der Waals surface area contributed by atoms with E-state index in [0.29, 0.717) is 5.92 Å². The van der Waals surface area contributed by atoms with Crippen molar-refractivity contribution in [2.24, 2.45) is 5.92 Å². The fourth-order valence-corrected chi connectivity index (χ4v) is 2.82. The summed E-state index contributed by atoms with van der Waals surface area (Å²) in [6.45, 7) is 6.96. The van der Waals surface area contributed by atoms with Crippen molar-refractivity contribution in [2.45, 2.75) is 33.1 Å². The van der Waals surface area contributed by atoms with E-state index in [4.69, 9.17) is 0 Å². The van der Waals surface area contributed by atoms with Gasteiger partial charge < -0.3 is 10.2 Å². The summed E-state index contributed by atoms with van der Waals surface area (Å²) >= 11 is 0. The Morgan fingerprint density at radius 3 is 2.85 bits per heavy atom. The molecule has 5 heteroatoms. The van der Waals surface area contributed by atoms with Crippen LogP contribution in [-0.4, -0.2) is 24.6 Å². The van der Waals surface area contributed by atoms with E-state index >= 15 is 0 Å². The van der Waals surface area contributed by atoms with Gasteiger partial charge in [-0.1, -0.05) is 13.3 Å². The number of piperidine rings is 1. The second-order valence-corrected chi connectivity index (χ2v) is 5.39. The SMILES string of the molecule is CCNc1cc(N2CCCC(CC)C2)cc([N+](=O)[O-])c1. The zero-order valence-corrected chi connectivity index (χ0v) is 12.3. The number of nitro groups is 1. The molecule has 1 heterocycles. The molecule has 0 amide bonds. The van der Waals surface area contributed by atoms with Crippen LogP contribution in [0.4, 0.5) is 17.1 Å². The Balaban J connectivity index is 2.27. The van der Waals surface area contributed by atoms with Gasteiger partial charge in [0.1, 0.15) is 0 Å². The van der Waals surface area contributed by atoms with Crippen LogP contribution in [0.5, 0.6) is 0 Å². The largest absolute Gasteiger partial charge is 0.385 e. The molecule has 1 N–H and O–H groups in total. The van der Waals surface area contributed by atoms with Crippen LogP contribution in [-0.2, 0) is 0 Å². The van der Waals surface area contributed by atoms with Gasteiger partial charge in [-0.05, 0) is 31.7 Å². The fourth-order valence-electron chi connectivity index (χ4n) is 2.82. The predicted molar refractivity (Wildman–Crippen MR) is 82.5 cm³/mol. The lowest BCUT2D eigenvalue weighted by atomic mass is 9.95. The van der Waals surface area contributed by atoms with Gasteiger partial charge in [-0.2, -0.15) is 0 Å². The molecule has 0 aromatic heterocycles. The van der Waals surface area contributed by atoms with Gasteiger partial charge in [0, 0.05) is 43.1 Å². The Kier molecular flexibility index (Phi) is 4.82. The van der Waals surface area contributed by atoms with Crippen molar-refractivity contribution in [1.82, 2.24) is 0 Å². The molecule has 1 aliphatic rings. The number of rotatable bonds is 5. The topological polar surface area (TPSA) is 58.4 Å². The standard InChI is InChI=1S/C15H23N3O2/c1-3-12-6-5-7-17(11-12)14-8-13(16-4-2)9-15(10-14)18(19)20/h8-10,12,16H,3-7,11H2,1-2H3. The number of hydrogen-bond donors (Lipinski definition) is 1. The molecule has 1 unspecified atom stereocenters. The monoisotopic (exact) mass is 277 g/mol. The highest BCUT2D eigenvalue weighted by Crippen LogP contribution is 2.30. The van der Waals surface area contributed by atoms with Gasteiger partial charge in [0.2, 0.25) is 0 Å². The van der Waals surface area contributed by atoms with Crippen LogP contribution in [0.2, 0.25) is 0 Å². The summed E-state index contributed by atoms with van der Waals surface area (Å²) in [5.41, 5.74) is 1.96.